The lowest BCUT2D eigenvalue weighted by Crippen LogP contribution is -2.06. The molecule has 0 fully saturated rings. The topological polar surface area (TPSA) is 12.9 Å². The van der Waals surface area contributed by atoms with Crippen LogP contribution in [0.25, 0.3) is 12.2 Å². The van der Waals surface area contributed by atoms with Crippen LogP contribution in [0.4, 0.5) is 13.2 Å². The number of hydrogen-bond donors (Lipinski definition) is 0. The molecule has 0 aliphatic carbocycles. The Morgan fingerprint density at radius 2 is 1.68 bits per heavy atom. The van der Waals surface area contributed by atoms with Gasteiger partial charge in [-0.1, -0.05) is 30.3 Å². The number of aromatic nitrogens is 1. The molecule has 2 rings (SSSR count). The van der Waals surface area contributed by atoms with Gasteiger partial charge in [-0.25, -0.2) is 0 Å². The SMILES string of the molecule is Cc1cccc(/C=C/c2ccccc2C(F)(F)F)n1. The summed E-state index contributed by atoms with van der Waals surface area (Å²) in [5.74, 6) is 0. The van der Waals surface area contributed by atoms with E-state index in [1.165, 1.54) is 18.2 Å². The second-order valence-electron chi connectivity index (χ2n) is 4.12. The number of alkyl halides is 3. The highest BCUT2D eigenvalue weighted by molar-refractivity contribution is 5.70. The van der Waals surface area contributed by atoms with Crippen molar-refractivity contribution in [1.29, 1.82) is 0 Å². The van der Waals surface area contributed by atoms with Crippen molar-refractivity contribution in [3.8, 4) is 0 Å². The van der Waals surface area contributed by atoms with Gasteiger partial charge in [-0.05, 0) is 36.8 Å². The van der Waals surface area contributed by atoms with E-state index in [4.69, 9.17) is 0 Å². The quantitative estimate of drug-likeness (QED) is 0.772. The van der Waals surface area contributed by atoms with Crippen LogP contribution in [0.2, 0.25) is 0 Å². The average Bonchev–Trinajstić information content (AvgIpc) is 2.36. The minimum Gasteiger partial charge on any atom is -0.254 e. The Labute approximate surface area is 109 Å². The van der Waals surface area contributed by atoms with E-state index in [-0.39, 0.29) is 5.56 Å². The number of aryl methyl sites for hydroxylation is 1. The van der Waals surface area contributed by atoms with Crippen LogP contribution in [-0.4, -0.2) is 4.98 Å². The number of benzene rings is 1. The molecule has 2 aromatic rings. The molecule has 0 aliphatic rings. The van der Waals surface area contributed by atoms with E-state index in [9.17, 15) is 13.2 Å². The van der Waals surface area contributed by atoms with Crippen molar-refractivity contribution in [2.24, 2.45) is 0 Å². The predicted molar refractivity (Wildman–Crippen MR) is 69.3 cm³/mol. The zero-order chi connectivity index (χ0) is 13.9. The summed E-state index contributed by atoms with van der Waals surface area (Å²) < 4.78 is 38.4. The molecule has 0 N–H and O–H groups in total. The van der Waals surface area contributed by atoms with Crippen molar-refractivity contribution in [1.82, 2.24) is 4.98 Å². The molecule has 98 valence electrons. The third kappa shape index (κ3) is 3.44. The maximum Gasteiger partial charge on any atom is 0.416 e. The second kappa shape index (κ2) is 5.26. The zero-order valence-corrected chi connectivity index (χ0v) is 10.3. The van der Waals surface area contributed by atoms with Crippen LogP contribution in [0.15, 0.2) is 42.5 Å². The summed E-state index contributed by atoms with van der Waals surface area (Å²) in [7, 11) is 0. The Bertz CT molecular complexity index is 600. The summed E-state index contributed by atoms with van der Waals surface area (Å²) in [5.41, 5.74) is 0.959. The standard InChI is InChI=1S/C15H12F3N/c1-11-5-4-7-13(19-11)10-9-12-6-2-3-8-14(12)15(16,17)18/h2-10H,1H3/b10-9+. The number of halogens is 3. The normalized spacial score (nSPS) is 12.0. The third-order valence-corrected chi connectivity index (χ3v) is 2.61. The third-order valence-electron chi connectivity index (χ3n) is 2.61. The van der Waals surface area contributed by atoms with Gasteiger partial charge in [0.25, 0.3) is 0 Å². The fraction of sp³-hybridized carbons (Fsp3) is 0.133. The van der Waals surface area contributed by atoms with Crippen molar-refractivity contribution in [2.45, 2.75) is 13.1 Å². The van der Waals surface area contributed by atoms with E-state index < -0.39 is 11.7 Å². The summed E-state index contributed by atoms with van der Waals surface area (Å²) in [6, 6.07) is 10.9. The minimum atomic E-state index is -4.35. The van der Waals surface area contributed by atoms with Crippen molar-refractivity contribution >= 4 is 12.2 Å². The van der Waals surface area contributed by atoms with E-state index in [1.54, 1.807) is 18.2 Å². The first-order valence-corrected chi connectivity index (χ1v) is 5.75. The molecule has 0 spiro atoms. The average molecular weight is 263 g/mol. The molecular formula is C15H12F3N. The van der Waals surface area contributed by atoms with Crippen LogP contribution in [-0.2, 0) is 6.18 Å². The molecule has 0 amide bonds. The van der Waals surface area contributed by atoms with Gasteiger partial charge >= 0.3 is 6.18 Å². The van der Waals surface area contributed by atoms with Crippen molar-refractivity contribution in [2.75, 3.05) is 0 Å². The molecule has 1 aromatic carbocycles. The molecule has 1 nitrogen and oxygen atoms in total. The molecule has 0 bridgehead atoms. The molecule has 0 unspecified atom stereocenters. The van der Waals surface area contributed by atoms with E-state index in [0.717, 1.165) is 11.8 Å². The first-order valence-electron chi connectivity index (χ1n) is 5.75. The molecule has 19 heavy (non-hydrogen) atoms. The van der Waals surface area contributed by atoms with Gasteiger partial charge in [-0.3, -0.25) is 4.98 Å². The molecule has 1 aromatic heterocycles. The number of pyridine rings is 1. The van der Waals surface area contributed by atoms with Crippen LogP contribution in [0.3, 0.4) is 0 Å². The smallest absolute Gasteiger partial charge is 0.254 e. The molecule has 0 atom stereocenters. The number of rotatable bonds is 2. The molecule has 0 saturated heterocycles. The van der Waals surface area contributed by atoms with Gasteiger partial charge in [0, 0.05) is 5.69 Å². The highest BCUT2D eigenvalue weighted by Crippen LogP contribution is 2.32. The first kappa shape index (κ1) is 13.3. The summed E-state index contributed by atoms with van der Waals surface area (Å²) in [6.45, 7) is 1.83. The van der Waals surface area contributed by atoms with Crippen LogP contribution in [0.1, 0.15) is 22.5 Å². The van der Waals surface area contributed by atoms with E-state index in [0.29, 0.717) is 5.69 Å². The fourth-order valence-corrected chi connectivity index (χ4v) is 1.73. The second-order valence-corrected chi connectivity index (χ2v) is 4.12. The summed E-state index contributed by atoms with van der Waals surface area (Å²) in [6.07, 6.45) is -1.33. The van der Waals surface area contributed by atoms with E-state index in [1.807, 2.05) is 19.1 Å². The lowest BCUT2D eigenvalue weighted by molar-refractivity contribution is -0.137. The molecule has 0 aliphatic heterocycles. The van der Waals surface area contributed by atoms with Gasteiger partial charge in [0.05, 0.1) is 11.3 Å². The van der Waals surface area contributed by atoms with Crippen LogP contribution < -0.4 is 0 Å². The van der Waals surface area contributed by atoms with Gasteiger partial charge in [0.2, 0.25) is 0 Å². The minimum absolute atomic E-state index is 0.137. The largest absolute Gasteiger partial charge is 0.416 e. The Morgan fingerprint density at radius 3 is 2.37 bits per heavy atom. The fourth-order valence-electron chi connectivity index (χ4n) is 1.73. The van der Waals surface area contributed by atoms with Crippen LogP contribution in [0, 0.1) is 6.92 Å². The summed E-state index contributed by atoms with van der Waals surface area (Å²) in [4.78, 5) is 4.21. The van der Waals surface area contributed by atoms with Gasteiger partial charge in [-0.15, -0.1) is 0 Å². The summed E-state index contributed by atoms with van der Waals surface area (Å²) in [5, 5.41) is 0. The number of nitrogens with zero attached hydrogens (tertiary/aromatic N) is 1. The Balaban J connectivity index is 2.34. The van der Waals surface area contributed by atoms with Crippen molar-refractivity contribution < 1.29 is 13.2 Å². The van der Waals surface area contributed by atoms with Gasteiger partial charge in [0.1, 0.15) is 0 Å². The van der Waals surface area contributed by atoms with Crippen LogP contribution >= 0.6 is 0 Å². The summed E-state index contributed by atoms with van der Waals surface area (Å²) >= 11 is 0. The molecular weight excluding hydrogens is 251 g/mol. The number of hydrogen-bond acceptors (Lipinski definition) is 1. The van der Waals surface area contributed by atoms with E-state index in [2.05, 4.69) is 4.98 Å². The predicted octanol–water partition coefficient (Wildman–Crippen LogP) is 4.58. The monoisotopic (exact) mass is 263 g/mol. The lowest BCUT2D eigenvalue weighted by Gasteiger charge is -2.09. The van der Waals surface area contributed by atoms with Gasteiger partial charge < -0.3 is 0 Å². The van der Waals surface area contributed by atoms with E-state index >= 15 is 0 Å². The van der Waals surface area contributed by atoms with Crippen molar-refractivity contribution in [3.63, 3.8) is 0 Å². The maximum atomic E-state index is 12.8. The molecule has 0 saturated carbocycles. The Hall–Kier alpha value is -2.10. The van der Waals surface area contributed by atoms with Gasteiger partial charge in [-0.2, -0.15) is 13.2 Å². The highest BCUT2D eigenvalue weighted by Gasteiger charge is 2.32. The first-order chi connectivity index (χ1) is 8.97. The lowest BCUT2D eigenvalue weighted by atomic mass is 10.1. The maximum absolute atomic E-state index is 12.8. The Kier molecular flexibility index (Phi) is 3.69. The van der Waals surface area contributed by atoms with Gasteiger partial charge in [0.15, 0.2) is 0 Å². The Morgan fingerprint density at radius 1 is 0.947 bits per heavy atom. The molecule has 1 heterocycles. The molecule has 4 heteroatoms. The van der Waals surface area contributed by atoms with Crippen molar-refractivity contribution in [3.05, 3.63) is 65.0 Å². The highest BCUT2D eigenvalue weighted by atomic mass is 19.4. The molecule has 0 radical (unpaired) electrons. The van der Waals surface area contributed by atoms with Crippen LogP contribution in [0.5, 0.6) is 0 Å². The zero-order valence-electron chi connectivity index (χ0n) is 10.3.